The monoisotopic (exact) mass is 319 g/mol. The zero-order valence-electron chi connectivity index (χ0n) is 13.1. The summed E-state index contributed by atoms with van der Waals surface area (Å²) < 4.78 is 7.04. The second kappa shape index (κ2) is 5.85. The number of primary amides is 1. The highest BCUT2D eigenvalue weighted by molar-refractivity contribution is 5.69. The molecule has 24 heavy (non-hydrogen) atoms. The third-order valence-corrected chi connectivity index (χ3v) is 4.37. The predicted molar refractivity (Wildman–Crippen MR) is 90.4 cm³/mol. The first-order chi connectivity index (χ1) is 11.7. The molecule has 2 N–H and O–H groups in total. The molecule has 0 aliphatic heterocycles. The van der Waals surface area contributed by atoms with Gasteiger partial charge in [0.25, 0.3) is 0 Å². The SMILES string of the molecule is NC(=O)Oc1c2c(nn1-c1ccccc1)CCC2c1ccccc1. The fourth-order valence-electron chi connectivity index (χ4n) is 3.37. The highest BCUT2D eigenvalue weighted by Crippen LogP contribution is 2.44. The number of hydrogen-bond donors (Lipinski definition) is 1. The standard InChI is InChI=1S/C19H17N3O2/c20-19(23)24-18-17-15(13-7-3-1-4-8-13)11-12-16(17)21-22(18)14-9-5-2-6-10-14/h1-10,15H,11-12H2,(H2,20,23). The van der Waals surface area contributed by atoms with Crippen molar-refractivity contribution in [3.05, 3.63) is 77.5 Å². The lowest BCUT2D eigenvalue weighted by molar-refractivity contribution is 0.207. The van der Waals surface area contributed by atoms with Crippen LogP contribution >= 0.6 is 0 Å². The van der Waals surface area contributed by atoms with E-state index >= 15 is 0 Å². The first kappa shape index (κ1) is 14.5. The lowest BCUT2D eigenvalue weighted by Crippen LogP contribution is -2.19. The van der Waals surface area contributed by atoms with Gasteiger partial charge in [0, 0.05) is 11.5 Å². The summed E-state index contributed by atoms with van der Waals surface area (Å²) in [6, 6.07) is 19.8. The highest BCUT2D eigenvalue weighted by Gasteiger charge is 2.34. The van der Waals surface area contributed by atoms with Gasteiger partial charge in [0.2, 0.25) is 5.88 Å². The van der Waals surface area contributed by atoms with Crippen LogP contribution in [0.25, 0.3) is 5.69 Å². The van der Waals surface area contributed by atoms with Crippen LogP contribution in [0.2, 0.25) is 0 Å². The van der Waals surface area contributed by atoms with Gasteiger partial charge in [-0.1, -0.05) is 48.5 Å². The van der Waals surface area contributed by atoms with E-state index in [0.717, 1.165) is 29.8 Å². The number of nitrogens with zero attached hydrogens (tertiary/aromatic N) is 2. The van der Waals surface area contributed by atoms with E-state index in [1.807, 2.05) is 48.5 Å². The van der Waals surface area contributed by atoms with Crippen LogP contribution in [0, 0.1) is 0 Å². The van der Waals surface area contributed by atoms with Gasteiger partial charge in [-0.25, -0.2) is 9.48 Å². The second-order valence-corrected chi connectivity index (χ2v) is 5.84. The first-order valence-electron chi connectivity index (χ1n) is 7.93. The molecule has 0 fully saturated rings. The zero-order chi connectivity index (χ0) is 16.5. The fraction of sp³-hybridized carbons (Fsp3) is 0.158. The Hall–Kier alpha value is -3.08. The van der Waals surface area contributed by atoms with Gasteiger partial charge in [-0.15, -0.1) is 0 Å². The molecule has 1 aliphatic carbocycles. The predicted octanol–water partition coefficient (Wildman–Crippen LogP) is 3.41. The number of carbonyl (C=O) groups is 1. The number of amides is 1. The minimum Gasteiger partial charge on any atom is -0.391 e. The van der Waals surface area contributed by atoms with E-state index in [9.17, 15) is 4.79 Å². The number of carbonyl (C=O) groups excluding carboxylic acids is 1. The lowest BCUT2D eigenvalue weighted by atomic mass is 9.94. The molecule has 1 atom stereocenters. The number of para-hydroxylation sites is 1. The molecule has 3 aromatic rings. The van der Waals surface area contributed by atoms with Gasteiger partial charge in [-0.2, -0.15) is 5.10 Å². The molecule has 1 aromatic heterocycles. The molecule has 1 unspecified atom stereocenters. The minimum atomic E-state index is -0.825. The summed E-state index contributed by atoms with van der Waals surface area (Å²) in [7, 11) is 0. The summed E-state index contributed by atoms with van der Waals surface area (Å²) in [5.41, 5.74) is 9.27. The van der Waals surface area contributed by atoms with E-state index < -0.39 is 6.09 Å². The molecule has 2 aromatic carbocycles. The van der Waals surface area contributed by atoms with Crippen LogP contribution in [0.3, 0.4) is 0 Å². The number of fused-ring (bicyclic) bond motifs is 1. The molecule has 0 saturated heterocycles. The van der Waals surface area contributed by atoms with Gasteiger partial charge in [-0.05, 0) is 30.5 Å². The summed E-state index contributed by atoms with van der Waals surface area (Å²) in [5.74, 6) is 0.586. The van der Waals surface area contributed by atoms with Gasteiger partial charge in [0.05, 0.1) is 11.4 Å². The van der Waals surface area contributed by atoms with Gasteiger partial charge in [-0.3, -0.25) is 0 Å². The van der Waals surface area contributed by atoms with E-state index in [0.29, 0.717) is 5.88 Å². The third-order valence-electron chi connectivity index (χ3n) is 4.37. The molecule has 1 aliphatic rings. The summed E-state index contributed by atoms with van der Waals surface area (Å²) in [6.45, 7) is 0. The maximum atomic E-state index is 11.5. The quantitative estimate of drug-likeness (QED) is 0.804. The van der Waals surface area contributed by atoms with Crippen LogP contribution < -0.4 is 10.5 Å². The fourth-order valence-corrected chi connectivity index (χ4v) is 3.37. The average molecular weight is 319 g/mol. The summed E-state index contributed by atoms with van der Waals surface area (Å²) >= 11 is 0. The van der Waals surface area contributed by atoms with E-state index in [1.165, 1.54) is 5.56 Å². The van der Waals surface area contributed by atoms with Crippen molar-refractivity contribution in [3.8, 4) is 11.6 Å². The van der Waals surface area contributed by atoms with Crippen molar-refractivity contribution in [2.24, 2.45) is 5.73 Å². The summed E-state index contributed by atoms with van der Waals surface area (Å²) in [5, 5.41) is 4.67. The normalized spacial score (nSPS) is 15.9. The Kier molecular flexibility index (Phi) is 3.54. The highest BCUT2D eigenvalue weighted by atomic mass is 16.6. The van der Waals surface area contributed by atoms with Crippen LogP contribution in [0.4, 0.5) is 4.79 Å². The molecule has 1 heterocycles. The van der Waals surface area contributed by atoms with Gasteiger partial charge in [0.15, 0.2) is 0 Å². The molecule has 1 amide bonds. The van der Waals surface area contributed by atoms with Gasteiger partial charge >= 0.3 is 6.09 Å². The van der Waals surface area contributed by atoms with Crippen molar-refractivity contribution in [3.63, 3.8) is 0 Å². The number of ether oxygens (including phenoxy) is 1. The Labute approximate surface area is 139 Å². The molecule has 0 bridgehead atoms. The van der Waals surface area contributed by atoms with Crippen LogP contribution in [0.1, 0.15) is 29.2 Å². The Morgan fingerprint density at radius 3 is 2.42 bits per heavy atom. The molecule has 120 valence electrons. The second-order valence-electron chi connectivity index (χ2n) is 5.84. The maximum absolute atomic E-state index is 11.5. The Bertz CT molecular complexity index is 872. The van der Waals surface area contributed by atoms with Gasteiger partial charge in [0.1, 0.15) is 0 Å². The van der Waals surface area contributed by atoms with E-state index in [4.69, 9.17) is 10.5 Å². The average Bonchev–Trinajstić information content (AvgIpc) is 3.16. The van der Waals surface area contributed by atoms with Crippen LogP contribution in [0.5, 0.6) is 5.88 Å². The molecule has 0 saturated carbocycles. The molecule has 5 nitrogen and oxygen atoms in total. The summed E-state index contributed by atoms with van der Waals surface area (Å²) in [6.07, 6.45) is 0.976. The number of rotatable bonds is 3. The topological polar surface area (TPSA) is 70.1 Å². The lowest BCUT2D eigenvalue weighted by Gasteiger charge is -2.14. The van der Waals surface area contributed by atoms with Crippen LogP contribution in [0.15, 0.2) is 60.7 Å². The maximum Gasteiger partial charge on any atom is 0.411 e. The van der Waals surface area contributed by atoms with E-state index in [2.05, 4.69) is 17.2 Å². The number of aryl methyl sites for hydroxylation is 1. The molecule has 0 spiro atoms. The minimum absolute atomic E-state index is 0.160. The molecule has 0 radical (unpaired) electrons. The number of hydrogen-bond acceptors (Lipinski definition) is 3. The Morgan fingerprint density at radius 2 is 1.75 bits per heavy atom. The Morgan fingerprint density at radius 1 is 1.08 bits per heavy atom. The molecule has 5 heteroatoms. The van der Waals surface area contributed by atoms with E-state index in [1.54, 1.807) is 4.68 Å². The largest absolute Gasteiger partial charge is 0.411 e. The zero-order valence-corrected chi connectivity index (χ0v) is 13.1. The van der Waals surface area contributed by atoms with Crippen molar-refractivity contribution in [1.82, 2.24) is 9.78 Å². The van der Waals surface area contributed by atoms with Crippen LogP contribution in [-0.4, -0.2) is 15.9 Å². The van der Waals surface area contributed by atoms with Crippen LogP contribution in [-0.2, 0) is 6.42 Å². The molecule has 4 rings (SSSR count). The van der Waals surface area contributed by atoms with Crippen molar-refractivity contribution in [2.45, 2.75) is 18.8 Å². The van der Waals surface area contributed by atoms with Crippen molar-refractivity contribution in [1.29, 1.82) is 0 Å². The van der Waals surface area contributed by atoms with Crippen molar-refractivity contribution >= 4 is 6.09 Å². The van der Waals surface area contributed by atoms with E-state index in [-0.39, 0.29) is 5.92 Å². The molecular weight excluding hydrogens is 302 g/mol. The number of nitrogens with two attached hydrogens (primary N) is 1. The number of benzene rings is 2. The van der Waals surface area contributed by atoms with Gasteiger partial charge < -0.3 is 10.5 Å². The molecular formula is C19H17N3O2. The third kappa shape index (κ3) is 2.44. The number of aromatic nitrogens is 2. The smallest absolute Gasteiger partial charge is 0.391 e. The Balaban J connectivity index is 1.86. The summed E-state index contributed by atoms with van der Waals surface area (Å²) in [4.78, 5) is 11.5. The van der Waals surface area contributed by atoms with Crippen molar-refractivity contribution in [2.75, 3.05) is 0 Å². The first-order valence-corrected chi connectivity index (χ1v) is 7.93. The van der Waals surface area contributed by atoms with Crippen molar-refractivity contribution < 1.29 is 9.53 Å².